The Morgan fingerprint density at radius 3 is 3.12 bits per heavy atom. The molecule has 1 aliphatic rings. The van der Waals surface area contributed by atoms with Gasteiger partial charge < -0.3 is 4.74 Å². The van der Waals surface area contributed by atoms with Gasteiger partial charge in [0.05, 0.1) is 6.04 Å². The number of halogens is 1. The van der Waals surface area contributed by atoms with Gasteiger partial charge in [-0.25, -0.2) is 4.99 Å². The Morgan fingerprint density at radius 1 is 1.62 bits per heavy atom. The number of ether oxygens (including phenoxy) is 1. The van der Waals surface area contributed by atoms with Gasteiger partial charge in [0.15, 0.2) is 0 Å². The first-order chi connectivity index (χ1) is 7.79. The molecular weight excluding hydrogens is 222 g/mol. The van der Waals surface area contributed by atoms with Crippen LogP contribution in [0.5, 0.6) is 0 Å². The van der Waals surface area contributed by atoms with Crippen molar-refractivity contribution >= 4 is 18.0 Å². The topological polar surface area (TPSA) is 21.6 Å². The predicted octanol–water partition coefficient (Wildman–Crippen LogP) is 3.53. The summed E-state index contributed by atoms with van der Waals surface area (Å²) in [7, 11) is 0. The van der Waals surface area contributed by atoms with Crippen LogP contribution in [-0.2, 0) is 4.74 Å². The Morgan fingerprint density at radius 2 is 2.50 bits per heavy atom. The van der Waals surface area contributed by atoms with E-state index in [9.17, 15) is 0 Å². The molecule has 1 radical (unpaired) electrons. The van der Waals surface area contributed by atoms with Crippen LogP contribution < -0.4 is 0 Å². The summed E-state index contributed by atoms with van der Waals surface area (Å²) < 4.78 is 5.02. The maximum atomic E-state index is 6.00. The fraction of sp³-hybridized carbons (Fsp3) is 0.462. The Labute approximate surface area is 101 Å². The molecule has 0 spiro atoms. The minimum atomic E-state index is 0.254. The highest BCUT2D eigenvalue weighted by Gasteiger charge is 2.19. The fourth-order valence-corrected chi connectivity index (χ4v) is 2.23. The predicted molar refractivity (Wildman–Crippen MR) is 66.3 cm³/mol. The van der Waals surface area contributed by atoms with Crippen molar-refractivity contribution in [2.75, 3.05) is 6.61 Å². The molecular formula is C13H15ClNO. The van der Waals surface area contributed by atoms with Crippen molar-refractivity contribution in [2.45, 2.75) is 31.7 Å². The molecule has 1 aromatic rings. The molecule has 85 valence electrons. The summed E-state index contributed by atoms with van der Waals surface area (Å²) in [6.07, 6.45) is 4.66. The second-order valence-electron chi connectivity index (χ2n) is 4.08. The first-order valence-electron chi connectivity index (χ1n) is 5.61. The molecule has 1 heterocycles. The van der Waals surface area contributed by atoms with Gasteiger partial charge in [-0.05, 0) is 36.5 Å². The van der Waals surface area contributed by atoms with Crippen molar-refractivity contribution < 1.29 is 4.74 Å². The van der Waals surface area contributed by atoms with Crippen molar-refractivity contribution in [2.24, 2.45) is 4.99 Å². The van der Waals surface area contributed by atoms with E-state index in [0.717, 1.165) is 17.9 Å². The molecule has 0 aliphatic carbocycles. The zero-order valence-corrected chi connectivity index (χ0v) is 10.1. The smallest absolute Gasteiger partial charge is 0.273 e. The van der Waals surface area contributed by atoms with Gasteiger partial charge in [0.1, 0.15) is 6.61 Å². The molecule has 2 nitrogen and oxygen atoms in total. The molecule has 2 atom stereocenters. The molecule has 0 saturated carbocycles. The minimum Gasteiger partial charge on any atom is -0.472 e. The summed E-state index contributed by atoms with van der Waals surface area (Å²) in [5.41, 5.74) is 1.29. The fourth-order valence-electron chi connectivity index (χ4n) is 2.03. The molecule has 1 aromatic carbocycles. The van der Waals surface area contributed by atoms with Gasteiger partial charge in [-0.15, -0.1) is 0 Å². The van der Waals surface area contributed by atoms with Crippen LogP contribution in [0.2, 0.25) is 5.02 Å². The van der Waals surface area contributed by atoms with E-state index in [2.05, 4.69) is 24.4 Å². The van der Waals surface area contributed by atoms with Gasteiger partial charge in [-0.1, -0.05) is 30.7 Å². The lowest BCUT2D eigenvalue weighted by Crippen LogP contribution is -2.12. The molecule has 2 rings (SSSR count). The summed E-state index contributed by atoms with van der Waals surface area (Å²) in [4.78, 5) is 4.17. The molecule has 0 aromatic heterocycles. The summed E-state index contributed by atoms with van der Waals surface area (Å²) in [6.45, 7) is 2.85. The number of hydrogen-bond acceptors (Lipinski definition) is 2. The third-order valence-electron chi connectivity index (χ3n) is 2.95. The maximum absolute atomic E-state index is 6.00. The molecule has 0 N–H and O–H groups in total. The molecule has 16 heavy (non-hydrogen) atoms. The number of hydrogen-bond donors (Lipinski definition) is 0. The lowest BCUT2D eigenvalue weighted by molar-refractivity contribution is 0.314. The van der Waals surface area contributed by atoms with Crippen LogP contribution in [0, 0.1) is 0 Å². The van der Waals surface area contributed by atoms with E-state index in [1.807, 2.05) is 18.2 Å². The molecule has 0 fully saturated rings. The molecule has 0 amide bonds. The van der Waals surface area contributed by atoms with Crippen molar-refractivity contribution in [1.82, 2.24) is 0 Å². The summed E-state index contributed by atoms with van der Waals surface area (Å²) >= 11 is 6.00. The number of aliphatic imine (C=N–C) groups is 1. The standard InChI is InChI=1S/C13H15ClNO/c1-2-10(7-13-8-16-9-15-13)11-4-3-5-12(14)6-11/h3-6,10,13H,2,7-8H2,1H3. The van der Waals surface area contributed by atoms with Crippen LogP contribution in [0.15, 0.2) is 29.3 Å². The van der Waals surface area contributed by atoms with E-state index >= 15 is 0 Å². The zero-order valence-electron chi connectivity index (χ0n) is 9.32. The average molecular weight is 237 g/mol. The summed E-state index contributed by atoms with van der Waals surface area (Å²) in [6, 6.07) is 8.33. The molecule has 3 heteroatoms. The highest BCUT2D eigenvalue weighted by molar-refractivity contribution is 6.30. The molecule has 1 aliphatic heterocycles. The zero-order chi connectivity index (χ0) is 11.4. The van der Waals surface area contributed by atoms with Crippen LogP contribution in [0.25, 0.3) is 0 Å². The van der Waals surface area contributed by atoms with E-state index in [4.69, 9.17) is 16.3 Å². The Hall–Kier alpha value is -1.02. The third-order valence-corrected chi connectivity index (χ3v) is 3.18. The average Bonchev–Trinajstić information content (AvgIpc) is 2.78. The second-order valence-corrected chi connectivity index (χ2v) is 4.52. The van der Waals surface area contributed by atoms with E-state index < -0.39 is 0 Å². The van der Waals surface area contributed by atoms with Gasteiger partial charge in [-0.3, -0.25) is 0 Å². The van der Waals surface area contributed by atoms with Gasteiger partial charge >= 0.3 is 0 Å². The van der Waals surface area contributed by atoms with Crippen LogP contribution >= 0.6 is 11.6 Å². The van der Waals surface area contributed by atoms with E-state index in [-0.39, 0.29) is 6.04 Å². The van der Waals surface area contributed by atoms with Gasteiger partial charge in [0, 0.05) is 5.02 Å². The molecule has 2 unspecified atom stereocenters. The quantitative estimate of drug-likeness (QED) is 0.784. The third kappa shape index (κ3) is 2.76. The SMILES string of the molecule is CCC(CC1CO[C]=N1)c1cccc(Cl)c1. The second kappa shape index (κ2) is 5.35. The van der Waals surface area contributed by atoms with Crippen molar-refractivity contribution in [3.8, 4) is 0 Å². The Bertz CT molecular complexity index is 378. The van der Waals surface area contributed by atoms with Gasteiger partial charge in [0.25, 0.3) is 6.40 Å². The minimum absolute atomic E-state index is 0.254. The van der Waals surface area contributed by atoms with Crippen molar-refractivity contribution in [3.63, 3.8) is 0 Å². The molecule has 0 bridgehead atoms. The van der Waals surface area contributed by atoms with Crippen LogP contribution in [0.4, 0.5) is 0 Å². The first-order valence-corrected chi connectivity index (χ1v) is 5.99. The monoisotopic (exact) mass is 236 g/mol. The van der Waals surface area contributed by atoms with Crippen molar-refractivity contribution in [3.05, 3.63) is 34.9 Å². The summed E-state index contributed by atoms with van der Waals surface area (Å²) in [5.74, 6) is 0.496. The van der Waals surface area contributed by atoms with Gasteiger partial charge in [0.2, 0.25) is 0 Å². The number of nitrogens with zero attached hydrogens (tertiary/aromatic N) is 1. The normalized spacial score (nSPS) is 20.8. The molecule has 0 saturated heterocycles. The van der Waals surface area contributed by atoms with E-state index in [1.165, 1.54) is 5.56 Å². The first kappa shape index (κ1) is 11.5. The maximum Gasteiger partial charge on any atom is 0.273 e. The number of benzene rings is 1. The Kier molecular flexibility index (Phi) is 3.83. The lowest BCUT2D eigenvalue weighted by atomic mass is 9.90. The highest BCUT2D eigenvalue weighted by atomic mass is 35.5. The van der Waals surface area contributed by atoms with E-state index in [1.54, 1.807) is 0 Å². The Balaban J connectivity index is 2.06. The van der Waals surface area contributed by atoms with Crippen LogP contribution in [-0.4, -0.2) is 19.0 Å². The van der Waals surface area contributed by atoms with E-state index in [0.29, 0.717) is 12.5 Å². The van der Waals surface area contributed by atoms with Crippen LogP contribution in [0.3, 0.4) is 0 Å². The number of rotatable bonds is 4. The lowest BCUT2D eigenvalue weighted by Gasteiger charge is -2.17. The van der Waals surface area contributed by atoms with Crippen molar-refractivity contribution in [1.29, 1.82) is 0 Å². The summed E-state index contributed by atoms with van der Waals surface area (Å²) in [5, 5.41) is 0.800. The van der Waals surface area contributed by atoms with Crippen LogP contribution in [0.1, 0.15) is 31.2 Å². The largest absolute Gasteiger partial charge is 0.472 e. The van der Waals surface area contributed by atoms with Gasteiger partial charge in [-0.2, -0.15) is 0 Å². The highest BCUT2D eigenvalue weighted by Crippen LogP contribution is 2.28.